The van der Waals surface area contributed by atoms with Crippen LogP contribution in [0.3, 0.4) is 0 Å². The lowest BCUT2D eigenvalue weighted by Crippen LogP contribution is -2.10. The van der Waals surface area contributed by atoms with E-state index < -0.39 is 23.0 Å². The van der Waals surface area contributed by atoms with Gasteiger partial charge in [0.05, 0.1) is 10.0 Å². The fourth-order valence-corrected chi connectivity index (χ4v) is 2.04. The standard InChI is InChI=1S/C13H16BrF2NO/c1-8(6-7-17)2-5-11(18)12-10(15)4-3-9(14)13(12)16/h3-4,8H,2,5-7,17H2,1H3. The number of carbonyl (C=O) groups is 1. The molecule has 0 radical (unpaired) electrons. The highest BCUT2D eigenvalue weighted by molar-refractivity contribution is 9.10. The molecule has 0 spiro atoms. The van der Waals surface area contributed by atoms with Crippen LogP contribution in [0, 0.1) is 17.6 Å². The second-order valence-corrected chi connectivity index (χ2v) is 5.22. The van der Waals surface area contributed by atoms with Crippen molar-refractivity contribution in [3.63, 3.8) is 0 Å². The van der Waals surface area contributed by atoms with E-state index in [2.05, 4.69) is 15.9 Å². The summed E-state index contributed by atoms with van der Waals surface area (Å²) in [5, 5.41) is 0. The van der Waals surface area contributed by atoms with E-state index in [0.29, 0.717) is 13.0 Å². The number of hydrogen-bond donors (Lipinski definition) is 1. The lowest BCUT2D eigenvalue weighted by atomic mass is 9.97. The molecule has 5 heteroatoms. The number of rotatable bonds is 6. The predicted molar refractivity (Wildman–Crippen MR) is 70.5 cm³/mol. The molecule has 0 aromatic heterocycles. The molecule has 0 fully saturated rings. The summed E-state index contributed by atoms with van der Waals surface area (Å²) >= 11 is 2.94. The van der Waals surface area contributed by atoms with Crippen molar-refractivity contribution in [2.75, 3.05) is 6.54 Å². The molecule has 0 aliphatic carbocycles. The van der Waals surface area contributed by atoms with E-state index in [0.717, 1.165) is 12.5 Å². The first-order valence-corrected chi connectivity index (χ1v) is 6.63. The van der Waals surface area contributed by atoms with Gasteiger partial charge in [0.1, 0.15) is 5.82 Å². The van der Waals surface area contributed by atoms with Crippen molar-refractivity contribution in [2.24, 2.45) is 11.7 Å². The predicted octanol–water partition coefficient (Wildman–Crippen LogP) is 3.68. The third-order valence-electron chi connectivity index (χ3n) is 2.85. The maximum absolute atomic E-state index is 13.7. The SMILES string of the molecule is CC(CCN)CCC(=O)c1c(F)ccc(Br)c1F. The van der Waals surface area contributed by atoms with Gasteiger partial charge in [-0.3, -0.25) is 4.79 Å². The van der Waals surface area contributed by atoms with Crippen LogP contribution in [0.4, 0.5) is 8.78 Å². The van der Waals surface area contributed by atoms with Crippen LogP contribution in [-0.2, 0) is 0 Å². The van der Waals surface area contributed by atoms with Crippen molar-refractivity contribution in [1.82, 2.24) is 0 Å². The highest BCUT2D eigenvalue weighted by Gasteiger charge is 2.19. The van der Waals surface area contributed by atoms with Gasteiger partial charge >= 0.3 is 0 Å². The first kappa shape index (κ1) is 15.2. The van der Waals surface area contributed by atoms with Crippen LogP contribution in [0.5, 0.6) is 0 Å². The van der Waals surface area contributed by atoms with Gasteiger partial charge in [-0.2, -0.15) is 0 Å². The number of halogens is 3. The van der Waals surface area contributed by atoms with Gasteiger partial charge < -0.3 is 5.73 Å². The molecular weight excluding hydrogens is 304 g/mol. The zero-order chi connectivity index (χ0) is 13.7. The second kappa shape index (κ2) is 6.95. The molecular formula is C13H16BrF2NO. The summed E-state index contributed by atoms with van der Waals surface area (Å²) in [4.78, 5) is 11.8. The summed E-state index contributed by atoms with van der Waals surface area (Å²) in [7, 11) is 0. The first-order valence-electron chi connectivity index (χ1n) is 5.84. The summed E-state index contributed by atoms with van der Waals surface area (Å²) in [5.41, 5.74) is 4.95. The van der Waals surface area contributed by atoms with Gasteiger partial charge in [-0.05, 0) is 53.4 Å². The molecule has 0 amide bonds. The minimum Gasteiger partial charge on any atom is -0.330 e. The molecule has 1 atom stereocenters. The molecule has 1 aromatic carbocycles. The Balaban J connectivity index is 2.76. The number of carbonyl (C=O) groups excluding carboxylic acids is 1. The molecule has 0 aliphatic heterocycles. The smallest absolute Gasteiger partial charge is 0.168 e. The van der Waals surface area contributed by atoms with E-state index in [-0.39, 0.29) is 16.8 Å². The van der Waals surface area contributed by atoms with E-state index >= 15 is 0 Å². The van der Waals surface area contributed by atoms with E-state index in [1.54, 1.807) is 0 Å². The van der Waals surface area contributed by atoms with Crippen molar-refractivity contribution >= 4 is 21.7 Å². The van der Waals surface area contributed by atoms with Crippen LogP contribution >= 0.6 is 15.9 Å². The van der Waals surface area contributed by atoms with Gasteiger partial charge in [0, 0.05) is 6.42 Å². The molecule has 2 N–H and O–H groups in total. The minimum atomic E-state index is -0.827. The Kier molecular flexibility index (Phi) is 5.88. The molecule has 0 saturated carbocycles. The van der Waals surface area contributed by atoms with Crippen LogP contribution < -0.4 is 5.73 Å². The number of Topliss-reactive ketones (excluding diaryl/α,β-unsaturated/α-hetero) is 1. The molecule has 1 aromatic rings. The number of nitrogens with two attached hydrogens (primary N) is 1. The molecule has 2 nitrogen and oxygen atoms in total. The molecule has 0 bridgehead atoms. The second-order valence-electron chi connectivity index (χ2n) is 4.36. The highest BCUT2D eigenvalue weighted by Crippen LogP contribution is 2.24. The molecule has 1 rings (SSSR count). The van der Waals surface area contributed by atoms with Gasteiger partial charge in [-0.25, -0.2) is 8.78 Å². The van der Waals surface area contributed by atoms with Crippen molar-refractivity contribution in [3.05, 3.63) is 33.8 Å². The summed E-state index contributed by atoms with van der Waals surface area (Å²) in [5.74, 6) is -1.87. The van der Waals surface area contributed by atoms with Crippen molar-refractivity contribution in [2.45, 2.75) is 26.2 Å². The maximum Gasteiger partial charge on any atom is 0.168 e. The molecule has 1 unspecified atom stereocenters. The highest BCUT2D eigenvalue weighted by atomic mass is 79.9. The van der Waals surface area contributed by atoms with Gasteiger partial charge in [0.25, 0.3) is 0 Å². The van der Waals surface area contributed by atoms with E-state index in [4.69, 9.17) is 5.73 Å². The molecule has 18 heavy (non-hydrogen) atoms. The van der Waals surface area contributed by atoms with Crippen LogP contribution in [0.1, 0.15) is 36.5 Å². The number of benzene rings is 1. The van der Waals surface area contributed by atoms with Crippen molar-refractivity contribution in [3.8, 4) is 0 Å². The lowest BCUT2D eigenvalue weighted by Gasteiger charge is -2.10. The van der Waals surface area contributed by atoms with Gasteiger partial charge in [0.2, 0.25) is 0 Å². The quantitative estimate of drug-likeness (QED) is 0.642. The van der Waals surface area contributed by atoms with Gasteiger partial charge in [0.15, 0.2) is 11.6 Å². The molecule has 0 aliphatic rings. The fourth-order valence-electron chi connectivity index (χ4n) is 1.71. The fraction of sp³-hybridized carbons (Fsp3) is 0.462. The van der Waals surface area contributed by atoms with E-state index in [9.17, 15) is 13.6 Å². The van der Waals surface area contributed by atoms with Crippen LogP contribution in [0.15, 0.2) is 16.6 Å². The zero-order valence-corrected chi connectivity index (χ0v) is 11.8. The van der Waals surface area contributed by atoms with Crippen LogP contribution in [-0.4, -0.2) is 12.3 Å². The van der Waals surface area contributed by atoms with Crippen molar-refractivity contribution < 1.29 is 13.6 Å². The first-order chi connectivity index (χ1) is 8.47. The van der Waals surface area contributed by atoms with Crippen LogP contribution in [0.2, 0.25) is 0 Å². The summed E-state index contributed by atoms with van der Waals surface area (Å²) < 4.78 is 27.2. The van der Waals surface area contributed by atoms with Crippen molar-refractivity contribution in [1.29, 1.82) is 0 Å². The molecule has 100 valence electrons. The van der Waals surface area contributed by atoms with Crippen LogP contribution in [0.25, 0.3) is 0 Å². The Labute approximate surface area is 114 Å². The van der Waals surface area contributed by atoms with Gasteiger partial charge in [-0.15, -0.1) is 0 Å². The Hall–Kier alpha value is -0.810. The Morgan fingerprint density at radius 1 is 1.39 bits per heavy atom. The average Bonchev–Trinajstić information content (AvgIpc) is 2.32. The normalized spacial score (nSPS) is 12.5. The van der Waals surface area contributed by atoms with Gasteiger partial charge in [-0.1, -0.05) is 6.92 Å². The third kappa shape index (κ3) is 3.85. The largest absolute Gasteiger partial charge is 0.330 e. The number of ketones is 1. The average molecular weight is 320 g/mol. The Morgan fingerprint density at radius 2 is 2.06 bits per heavy atom. The topological polar surface area (TPSA) is 43.1 Å². The molecule has 0 heterocycles. The van der Waals surface area contributed by atoms with E-state index in [1.807, 2.05) is 6.92 Å². The summed E-state index contributed by atoms with van der Waals surface area (Å²) in [6.07, 6.45) is 1.52. The lowest BCUT2D eigenvalue weighted by molar-refractivity contribution is 0.0965. The number of hydrogen-bond acceptors (Lipinski definition) is 2. The maximum atomic E-state index is 13.7. The Morgan fingerprint density at radius 3 is 2.67 bits per heavy atom. The zero-order valence-electron chi connectivity index (χ0n) is 10.2. The summed E-state index contributed by atoms with van der Waals surface area (Å²) in [6.45, 7) is 2.52. The minimum absolute atomic E-state index is 0.0993. The van der Waals surface area contributed by atoms with E-state index in [1.165, 1.54) is 6.07 Å². The molecule has 0 saturated heterocycles. The summed E-state index contributed by atoms with van der Waals surface area (Å²) in [6, 6.07) is 2.34. The Bertz CT molecular complexity index is 437. The third-order valence-corrected chi connectivity index (χ3v) is 3.46. The monoisotopic (exact) mass is 319 g/mol.